The Kier molecular flexibility index (Phi) is 3.42. The predicted octanol–water partition coefficient (Wildman–Crippen LogP) is 3.43. The molecule has 0 aliphatic heterocycles. The minimum absolute atomic E-state index is 0.180. The number of hydrogen-bond donors (Lipinski definition) is 1. The highest BCUT2D eigenvalue weighted by molar-refractivity contribution is 5.76. The van der Waals surface area contributed by atoms with E-state index in [4.69, 9.17) is 5.11 Å². The molecule has 0 amide bonds. The van der Waals surface area contributed by atoms with Gasteiger partial charge in [-0.15, -0.1) is 0 Å². The van der Waals surface area contributed by atoms with Crippen molar-refractivity contribution in [3.05, 3.63) is 59.4 Å². The summed E-state index contributed by atoms with van der Waals surface area (Å²) in [5, 5.41) is 8.86. The van der Waals surface area contributed by atoms with Crippen LogP contribution < -0.4 is 0 Å². The Morgan fingerprint density at radius 2 is 2.00 bits per heavy atom. The average Bonchev–Trinajstić information content (AvgIpc) is 2.28. The van der Waals surface area contributed by atoms with Gasteiger partial charge in [0, 0.05) is 0 Å². The predicted molar refractivity (Wildman–Crippen MR) is 67.9 cm³/mol. The molecule has 18 heavy (non-hydrogen) atoms. The Labute approximate surface area is 105 Å². The molecule has 0 aliphatic rings. The van der Waals surface area contributed by atoms with Gasteiger partial charge >= 0.3 is 5.97 Å². The fourth-order valence-corrected chi connectivity index (χ4v) is 1.97. The van der Waals surface area contributed by atoms with Crippen LogP contribution in [0.15, 0.2) is 42.5 Å². The molecule has 2 rings (SSSR count). The highest BCUT2D eigenvalue weighted by Gasteiger charge is 2.10. The van der Waals surface area contributed by atoms with Gasteiger partial charge in [-0.05, 0) is 35.7 Å². The van der Waals surface area contributed by atoms with E-state index < -0.39 is 11.8 Å². The van der Waals surface area contributed by atoms with Gasteiger partial charge in [-0.25, -0.2) is 4.39 Å². The van der Waals surface area contributed by atoms with Crippen molar-refractivity contribution in [1.82, 2.24) is 0 Å². The van der Waals surface area contributed by atoms with Gasteiger partial charge in [0.05, 0.1) is 6.42 Å². The summed E-state index contributed by atoms with van der Waals surface area (Å²) in [7, 11) is 0. The van der Waals surface area contributed by atoms with Gasteiger partial charge in [0.25, 0.3) is 0 Å². The van der Waals surface area contributed by atoms with Crippen molar-refractivity contribution in [2.75, 3.05) is 0 Å². The van der Waals surface area contributed by atoms with Crippen molar-refractivity contribution in [2.45, 2.75) is 13.3 Å². The molecule has 2 nitrogen and oxygen atoms in total. The number of benzene rings is 2. The van der Waals surface area contributed by atoms with Crippen molar-refractivity contribution in [3.63, 3.8) is 0 Å². The lowest BCUT2D eigenvalue weighted by Crippen LogP contribution is -2.02. The lowest BCUT2D eigenvalue weighted by molar-refractivity contribution is -0.136. The molecule has 0 radical (unpaired) electrons. The molecule has 0 aromatic heterocycles. The zero-order valence-electron chi connectivity index (χ0n) is 9.98. The smallest absolute Gasteiger partial charge is 0.307 e. The largest absolute Gasteiger partial charge is 0.481 e. The summed E-state index contributed by atoms with van der Waals surface area (Å²) in [5.41, 5.74) is 3.25. The molecule has 92 valence electrons. The first kappa shape index (κ1) is 12.3. The lowest BCUT2D eigenvalue weighted by atomic mass is 9.96. The van der Waals surface area contributed by atoms with Crippen molar-refractivity contribution < 1.29 is 14.3 Å². The third kappa shape index (κ3) is 2.74. The number of carboxylic acid groups (broad SMARTS) is 1. The van der Waals surface area contributed by atoms with Crippen LogP contribution in [0, 0.1) is 12.7 Å². The van der Waals surface area contributed by atoms with Crippen molar-refractivity contribution in [3.8, 4) is 11.1 Å². The number of carboxylic acids is 1. The summed E-state index contributed by atoms with van der Waals surface area (Å²) >= 11 is 0. The molecule has 1 N–H and O–H groups in total. The summed E-state index contributed by atoms with van der Waals surface area (Å²) in [6, 6.07) is 12.0. The third-order valence-corrected chi connectivity index (χ3v) is 2.74. The van der Waals surface area contributed by atoms with Gasteiger partial charge in [-0.3, -0.25) is 4.79 Å². The zero-order chi connectivity index (χ0) is 13.1. The summed E-state index contributed by atoms with van der Waals surface area (Å²) in [5.74, 6) is -1.38. The van der Waals surface area contributed by atoms with Gasteiger partial charge < -0.3 is 5.11 Å². The molecule has 0 aliphatic carbocycles. The summed E-state index contributed by atoms with van der Waals surface area (Å²) in [6.07, 6.45) is -0.180. The Bertz CT molecular complexity index is 591. The Hall–Kier alpha value is -2.16. The van der Waals surface area contributed by atoms with E-state index in [9.17, 15) is 9.18 Å². The Balaban J connectivity index is 2.52. The van der Waals surface area contributed by atoms with E-state index >= 15 is 0 Å². The fourth-order valence-electron chi connectivity index (χ4n) is 1.97. The van der Waals surface area contributed by atoms with E-state index in [0.717, 1.165) is 16.7 Å². The molecule has 0 atom stereocenters. The van der Waals surface area contributed by atoms with Crippen LogP contribution in [0.1, 0.15) is 11.1 Å². The van der Waals surface area contributed by atoms with Crippen molar-refractivity contribution in [2.24, 2.45) is 0 Å². The van der Waals surface area contributed by atoms with Crippen LogP contribution in [0.25, 0.3) is 11.1 Å². The second-order valence-corrected chi connectivity index (χ2v) is 4.24. The monoisotopic (exact) mass is 244 g/mol. The van der Waals surface area contributed by atoms with Gasteiger partial charge in [0.15, 0.2) is 0 Å². The Morgan fingerprint density at radius 1 is 1.22 bits per heavy atom. The van der Waals surface area contributed by atoms with E-state index in [-0.39, 0.29) is 6.42 Å². The molecular formula is C15H13FO2. The summed E-state index contributed by atoms with van der Waals surface area (Å²) < 4.78 is 13.2. The van der Waals surface area contributed by atoms with Crippen LogP contribution in [-0.2, 0) is 11.2 Å². The van der Waals surface area contributed by atoms with E-state index in [0.29, 0.717) is 5.56 Å². The van der Waals surface area contributed by atoms with Gasteiger partial charge in [-0.2, -0.15) is 0 Å². The quantitative estimate of drug-likeness (QED) is 0.898. The molecule has 0 fully saturated rings. The standard InChI is InChI=1S/C15H13FO2/c1-10-3-2-4-11(7-10)14-6-5-13(16)8-12(14)9-15(17)18/h2-8H,9H2,1H3,(H,17,18). The SMILES string of the molecule is Cc1cccc(-c2ccc(F)cc2CC(=O)O)c1. The molecule has 2 aromatic carbocycles. The van der Waals surface area contributed by atoms with Crippen molar-refractivity contribution in [1.29, 1.82) is 0 Å². The average molecular weight is 244 g/mol. The maximum Gasteiger partial charge on any atom is 0.307 e. The van der Waals surface area contributed by atoms with Crippen LogP contribution in [0.4, 0.5) is 4.39 Å². The number of carbonyl (C=O) groups is 1. The second-order valence-electron chi connectivity index (χ2n) is 4.24. The maximum absolute atomic E-state index is 13.2. The highest BCUT2D eigenvalue weighted by atomic mass is 19.1. The lowest BCUT2D eigenvalue weighted by Gasteiger charge is -2.09. The first-order chi connectivity index (χ1) is 8.56. The summed E-state index contributed by atoms with van der Waals surface area (Å²) in [6.45, 7) is 1.96. The number of rotatable bonds is 3. The molecule has 0 spiro atoms. The van der Waals surface area contributed by atoms with Gasteiger partial charge in [0.2, 0.25) is 0 Å². The fraction of sp³-hybridized carbons (Fsp3) is 0.133. The number of hydrogen-bond acceptors (Lipinski definition) is 1. The molecule has 3 heteroatoms. The maximum atomic E-state index is 13.2. The molecule has 0 unspecified atom stereocenters. The highest BCUT2D eigenvalue weighted by Crippen LogP contribution is 2.25. The van der Waals surface area contributed by atoms with Crippen LogP contribution >= 0.6 is 0 Å². The van der Waals surface area contributed by atoms with Crippen LogP contribution in [0.3, 0.4) is 0 Å². The number of aliphatic carboxylic acids is 1. The Morgan fingerprint density at radius 3 is 2.67 bits per heavy atom. The minimum Gasteiger partial charge on any atom is -0.481 e. The van der Waals surface area contributed by atoms with E-state index in [1.54, 1.807) is 6.07 Å². The normalized spacial score (nSPS) is 10.3. The molecule has 0 heterocycles. The van der Waals surface area contributed by atoms with Crippen LogP contribution in [-0.4, -0.2) is 11.1 Å². The van der Waals surface area contributed by atoms with E-state index in [2.05, 4.69) is 0 Å². The van der Waals surface area contributed by atoms with E-state index in [1.807, 2.05) is 31.2 Å². The zero-order valence-corrected chi connectivity index (χ0v) is 9.98. The second kappa shape index (κ2) is 5.00. The van der Waals surface area contributed by atoms with Gasteiger partial charge in [-0.1, -0.05) is 35.9 Å². The first-order valence-corrected chi connectivity index (χ1v) is 5.63. The third-order valence-electron chi connectivity index (χ3n) is 2.74. The van der Waals surface area contributed by atoms with Crippen molar-refractivity contribution >= 4 is 5.97 Å². The molecule has 0 saturated carbocycles. The van der Waals surface area contributed by atoms with Crippen LogP contribution in [0.2, 0.25) is 0 Å². The summed E-state index contributed by atoms with van der Waals surface area (Å²) in [4.78, 5) is 10.8. The molecule has 2 aromatic rings. The van der Waals surface area contributed by atoms with Gasteiger partial charge in [0.1, 0.15) is 5.82 Å². The molecular weight excluding hydrogens is 231 g/mol. The molecule has 0 bridgehead atoms. The number of halogens is 1. The molecule has 0 saturated heterocycles. The van der Waals surface area contributed by atoms with E-state index in [1.165, 1.54) is 12.1 Å². The number of aryl methyl sites for hydroxylation is 1. The first-order valence-electron chi connectivity index (χ1n) is 5.63. The minimum atomic E-state index is -0.963. The van der Waals surface area contributed by atoms with Crippen LogP contribution in [0.5, 0.6) is 0 Å². The topological polar surface area (TPSA) is 37.3 Å².